The monoisotopic (exact) mass is 493 g/mol. The van der Waals surface area contributed by atoms with Crippen molar-refractivity contribution in [2.24, 2.45) is 0 Å². The minimum Gasteiger partial charge on any atom is -0.376 e. The number of thioether (sulfide) groups is 1. The third kappa shape index (κ3) is 5.99. The smallest absolute Gasteiger partial charge is 0.238 e. The third-order valence-corrected chi connectivity index (χ3v) is 7.21. The predicted octanol–water partition coefficient (Wildman–Crippen LogP) is 5.96. The number of anilines is 1. The lowest BCUT2D eigenvalue weighted by molar-refractivity contribution is -0.116. The molecule has 162 valence electrons. The fourth-order valence-electron chi connectivity index (χ4n) is 3.29. The molecule has 4 rings (SSSR count). The Morgan fingerprint density at radius 3 is 2.94 bits per heavy atom. The van der Waals surface area contributed by atoms with Crippen LogP contribution in [0.2, 0.25) is 10.0 Å². The Morgan fingerprint density at radius 1 is 1.29 bits per heavy atom. The second kappa shape index (κ2) is 10.8. The number of pyridine rings is 1. The molecule has 0 spiro atoms. The fraction of sp³-hybridized carbons (Fsp3) is 0.318. The first-order valence-corrected chi connectivity index (χ1v) is 12.7. The van der Waals surface area contributed by atoms with Gasteiger partial charge in [0.1, 0.15) is 0 Å². The van der Waals surface area contributed by atoms with Crippen molar-refractivity contribution in [1.29, 1.82) is 0 Å². The number of nitrogens with zero attached hydrogens (tertiary/aromatic N) is 3. The van der Waals surface area contributed by atoms with Crippen molar-refractivity contribution in [1.82, 2.24) is 9.97 Å². The van der Waals surface area contributed by atoms with Crippen LogP contribution in [0.1, 0.15) is 18.5 Å². The van der Waals surface area contributed by atoms with Crippen LogP contribution in [-0.2, 0) is 15.3 Å². The van der Waals surface area contributed by atoms with Crippen LogP contribution in [0.5, 0.6) is 0 Å². The van der Waals surface area contributed by atoms with Crippen LogP contribution in [0.3, 0.4) is 0 Å². The summed E-state index contributed by atoms with van der Waals surface area (Å²) in [6.45, 7) is 1.24. The van der Waals surface area contributed by atoms with Gasteiger partial charge in [0.2, 0.25) is 5.91 Å². The van der Waals surface area contributed by atoms with Crippen molar-refractivity contribution in [2.75, 3.05) is 23.8 Å². The van der Waals surface area contributed by atoms with Crippen molar-refractivity contribution in [3.63, 3.8) is 0 Å². The van der Waals surface area contributed by atoms with Crippen molar-refractivity contribution in [2.45, 2.75) is 24.7 Å². The molecule has 0 saturated carbocycles. The fourth-order valence-corrected chi connectivity index (χ4v) is 5.46. The topological polar surface area (TPSA) is 55.3 Å². The van der Waals surface area contributed by atoms with Crippen LogP contribution in [-0.4, -0.2) is 40.9 Å². The summed E-state index contributed by atoms with van der Waals surface area (Å²) >= 11 is 15.3. The molecule has 1 unspecified atom stereocenters. The highest BCUT2D eigenvalue weighted by molar-refractivity contribution is 7.99. The molecule has 1 saturated heterocycles. The van der Waals surface area contributed by atoms with Crippen molar-refractivity contribution >= 4 is 57.3 Å². The zero-order chi connectivity index (χ0) is 21.6. The first kappa shape index (κ1) is 22.6. The summed E-state index contributed by atoms with van der Waals surface area (Å²) in [6.07, 6.45) is 3.77. The zero-order valence-electron chi connectivity index (χ0n) is 16.7. The van der Waals surface area contributed by atoms with Gasteiger partial charge in [-0.15, -0.1) is 23.1 Å². The van der Waals surface area contributed by atoms with Gasteiger partial charge in [-0.2, -0.15) is 0 Å². The maximum Gasteiger partial charge on any atom is 0.238 e. The number of carbonyl (C=O) groups is 1. The van der Waals surface area contributed by atoms with E-state index < -0.39 is 0 Å². The molecule has 0 bridgehead atoms. The molecule has 2 aromatic heterocycles. The van der Waals surface area contributed by atoms with E-state index in [-0.39, 0.29) is 12.0 Å². The van der Waals surface area contributed by atoms with Crippen molar-refractivity contribution in [3.05, 3.63) is 63.7 Å². The van der Waals surface area contributed by atoms with E-state index in [2.05, 4.69) is 4.98 Å². The summed E-state index contributed by atoms with van der Waals surface area (Å²) in [7, 11) is 0. The average molecular weight is 494 g/mol. The Hall–Kier alpha value is -1.64. The molecule has 0 radical (unpaired) electrons. The second-order valence-electron chi connectivity index (χ2n) is 7.09. The van der Waals surface area contributed by atoms with Gasteiger partial charge in [-0.3, -0.25) is 14.7 Å². The number of halogens is 2. The number of carbonyl (C=O) groups excluding carboxylic acids is 1. The predicted molar refractivity (Wildman–Crippen MR) is 129 cm³/mol. The molecule has 5 nitrogen and oxygen atoms in total. The molecule has 3 aromatic rings. The number of amides is 1. The Kier molecular flexibility index (Phi) is 7.85. The molecule has 1 atom stereocenters. The van der Waals surface area contributed by atoms with Gasteiger partial charge in [-0.25, -0.2) is 4.98 Å². The van der Waals surface area contributed by atoms with E-state index in [0.29, 0.717) is 33.2 Å². The van der Waals surface area contributed by atoms with Gasteiger partial charge >= 0.3 is 0 Å². The number of benzene rings is 1. The van der Waals surface area contributed by atoms with E-state index in [1.165, 1.54) is 11.3 Å². The number of thiazole rings is 1. The lowest BCUT2D eigenvalue weighted by Gasteiger charge is -2.23. The quantitative estimate of drug-likeness (QED) is 0.387. The van der Waals surface area contributed by atoms with Crippen molar-refractivity contribution < 1.29 is 9.53 Å². The summed E-state index contributed by atoms with van der Waals surface area (Å²) in [4.78, 5) is 23.9. The van der Waals surface area contributed by atoms with E-state index >= 15 is 0 Å². The van der Waals surface area contributed by atoms with Crippen LogP contribution < -0.4 is 4.90 Å². The number of rotatable bonds is 8. The van der Waals surface area contributed by atoms with Crippen molar-refractivity contribution in [3.8, 4) is 11.3 Å². The standard InChI is InChI=1S/C22H21Cl2N3O2S2/c23-15-6-7-18(19(24)10-15)20-13-31-22(26-20)27(11-17-5-3-9-29-17)21(28)14-30-12-16-4-1-2-8-25-16/h1-2,4,6-8,10,13,17H,3,5,9,11-12,14H2. The van der Waals surface area contributed by atoms with Gasteiger partial charge < -0.3 is 4.74 Å². The first-order chi connectivity index (χ1) is 15.1. The molecule has 1 aliphatic rings. The van der Waals surface area contributed by atoms with Crippen LogP contribution in [0.15, 0.2) is 48.0 Å². The van der Waals surface area contributed by atoms with Gasteiger partial charge in [-0.05, 0) is 43.2 Å². The van der Waals surface area contributed by atoms with Gasteiger partial charge in [-0.1, -0.05) is 29.3 Å². The summed E-state index contributed by atoms with van der Waals surface area (Å²) < 4.78 is 5.78. The molecular formula is C22H21Cl2N3O2S2. The highest BCUT2D eigenvalue weighted by atomic mass is 35.5. The van der Waals surface area contributed by atoms with Gasteiger partial charge in [0, 0.05) is 34.5 Å². The molecule has 3 heterocycles. The molecule has 1 amide bonds. The molecular weight excluding hydrogens is 473 g/mol. The summed E-state index contributed by atoms with van der Waals surface area (Å²) in [5, 5.41) is 3.68. The highest BCUT2D eigenvalue weighted by Crippen LogP contribution is 2.34. The number of hydrogen-bond donors (Lipinski definition) is 0. The van der Waals surface area contributed by atoms with Gasteiger partial charge in [0.05, 0.1) is 34.8 Å². The SMILES string of the molecule is O=C(CSCc1ccccn1)N(CC1CCCO1)c1nc(-c2ccc(Cl)cc2Cl)cs1. The van der Waals surface area contributed by atoms with Crippen LogP contribution in [0, 0.1) is 0 Å². The molecule has 0 aliphatic carbocycles. The Labute approximate surface area is 199 Å². The van der Waals surface area contributed by atoms with E-state index in [1.54, 1.807) is 35.0 Å². The summed E-state index contributed by atoms with van der Waals surface area (Å²) in [6, 6.07) is 11.1. The molecule has 0 N–H and O–H groups in total. The molecule has 1 fully saturated rings. The zero-order valence-corrected chi connectivity index (χ0v) is 19.8. The first-order valence-electron chi connectivity index (χ1n) is 9.91. The van der Waals surface area contributed by atoms with E-state index in [1.807, 2.05) is 29.6 Å². The molecule has 31 heavy (non-hydrogen) atoms. The maximum absolute atomic E-state index is 13.1. The van der Waals surface area contributed by atoms with Crippen LogP contribution >= 0.6 is 46.3 Å². The lowest BCUT2D eigenvalue weighted by atomic mass is 10.2. The van der Waals surface area contributed by atoms with E-state index in [4.69, 9.17) is 32.9 Å². The maximum atomic E-state index is 13.1. The largest absolute Gasteiger partial charge is 0.376 e. The minimum atomic E-state index is 0.0135. The molecule has 1 aromatic carbocycles. The van der Waals surface area contributed by atoms with Gasteiger partial charge in [0.15, 0.2) is 5.13 Å². The third-order valence-electron chi connectivity index (χ3n) is 4.84. The van der Waals surface area contributed by atoms with Crippen LogP contribution in [0.25, 0.3) is 11.3 Å². The summed E-state index contributed by atoms with van der Waals surface area (Å²) in [5.74, 6) is 1.04. The molecule has 9 heteroatoms. The normalized spacial score (nSPS) is 15.9. The Bertz CT molecular complexity index is 1030. The highest BCUT2D eigenvalue weighted by Gasteiger charge is 2.26. The summed E-state index contributed by atoms with van der Waals surface area (Å²) in [5.41, 5.74) is 2.48. The number of aromatic nitrogens is 2. The van der Waals surface area contributed by atoms with E-state index in [0.717, 1.165) is 36.4 Å². The van der Waals surface area contributed by atoms with Gasteiger partial charge in [0.25, 0.3) is 0 Å². The Morgan fingerprint density at radius 2 is 2.19 bits per heavy atom. The van der Waals surface area contributed by atoms with Crippen LogP contribution in [0.4, 0.5) is 5.13 Å². The minimum absolute atomic E-state index is 0.0135. The Balaban J connectivity index is 1.49. The number of ether oxygens (including phenoxy) is 1. The molecule has 1 aliphatic heterocycles. The second-order valence-corrected chi connectivity index (χ2v) is 9.76. The lowest BCUT2D eigenvalue weighted by Crippen LogP contribution is -2.38. The average Bonchev–Trinajstić information content (AvgIpc) is 3.45. The van der Waals surface area contributed by atoms with E-state index in [9.17, 15) is 4.79 Å². The number of hydrogen-bond acceptors (Lipinski definition) is 6.